The molecule has 0 radical (unpaired) electrons. The summed E-state index contributed by atoms with van der Waals surface area (Å²) in [5, 5.41) is 0. The number of nitrogens with zero attached hydrogens (tertiary/aromatic N) is 4. The SMILES string of the molecule is O=C1/C=C\C(=O)Oc2c(N(CCCOc3ccccc3)C(=O)N(CCCN3CCCC3)CCCN3CCCC3)ccc(c2C(F)(F)F)O1. The summed E-state index contributed by atoms with van der Waals surface area (Å²) in [6.07, 6.45) is 2.55. The molecule has 0 unspecified atom stereocenters. The number of carbonyl (C=O) groups is 3. The van der Waals surface area contributed by atoms with E-state index in [1.807, 2.05) is 18.2 Å². The van der Waals surface area contributed by atoms with Crippen LogP contribution in [-0.2, 0) is 15.8 Å². The molecular weight excluding hydrogens is 629 g/mol. The topological polar surface area (TPSA) is 91.9 Å². The minimum absolute atomic E-state index is 0.0305. The molecule has 0 aliphatic carbocycles. The number of likely N-dealkylation sites (tertiary alicyclic amines) is 2. The maximum Gasteiger partial charge on any atom is 0.423 e. The Kier molecular flexibility index (Phi) is 12.3. The van der Waals surface area contributed by atoms with Crippen LogP contribution in [-0.4, -0.2) is 98.2 Å². The number of para-hydroxylation sites is 1. The molecule has 3 aliphatic heterocycles. The van der Waals surface area contributed by atoms with Crippen LogP contribution in [0.2, 0.25) is 0 Å². The summed E-state index contributed by atoms with van der Waals surface area (Å²) in [6.45, 7) is 6.64. The van der Waals surface area contributed by atoms with Crippen LogP contribution in [0.25, 0.3) is 0 Å². The highest BCUT2D eigenvalue weighted by Crippen LogP contribution is 2.48. The van der Waals surface area contributed by atoms with E-state index < -0.39 is 41.2 Å². The second-order valence-corrected chi connectivity index (χ2v) is 12.2. The summed E-state index contributed by atoms with van der Waals surface area (Å²) >= 11 is 0. The van der Waals surface area contributed by atoms with Crippen LogP contribution in [0.1, 0.15) is 50.5 Å². The first-order valence-corrected chi connectivity index (χ1v) is 16.7. The molecule has 2 aromatic rings. The minimum atomic E-state index is -5.08. The van der Waals surface area contributed by atoms with Crippen molar-refractivity contribution in [3.05, 3.63) is 60.2 Å². The molecule has 260 valence electrons. The van der Waals surface area contributed by atoms with Gasteiger partial charge in [-0.1, -0.05) is 18.2 Å². The summed E-state index contributed by atoms with van der Waals surface area (Å²) in [5.74, 6) is -3.46. The van der Waals surface area contributed by atoms with Gasteiger partial charge in [-0.3, -0.25) is 4.90 Å². The highest BCUT2D eigenvalue weighted by atomic mass is 19.4. The maximum absolute atomic E-state index is 14.6. The lowest BCUT2D eigenvalue weighted by molar-refractivity contribution is -0.142. The zero-order chi connectivity index (χ0) is 33.9. The smallest absolute Gasteiger partial charge is 0.423 e. The number of benzene rings is 2. The van der Waals surface area contributed by atoms with Crippen molar-refractivity contribution in [1.29, 1.82) is 0 Å². The Hall–Kier alpha value is -4.10. The van der Waals surface area contributed by atoms with Gasteiger partial charge in [-0.05, 0) is 108 Å². The van der Waals surface area contributed by atoms with Crippen molar-refractivity contribution in [1.82, 2.24) is 14.7 Å². The van der Waals surface area contributed by atoms with Crippen LogP contribution in [0.5, 0.6) is 17.2 Å². The van der Waals surface area contributed by atoms with Gasteiger partial charge in [0, 0.05) is 31.8 Å². The molecule has 0 aromatic heterocycles. The predicted octanol–water partition coefficient (Wildman–Crippen LogP) is 5.76. The van der Waals surface area contributed by atoms with E-state index in [0.29, 0.717) is 43.8 Å². The molecule has 0 spiro atoms. The Morgan fingerprint density at radius 1 is 0.771 bits per heavy atom. The summed E-state index contributed by atoms with van der Waals surface area (Å²) in [7, 11) is 0. The maximum atomic E-state index is 14.6. The van der Waals surface area contributed by atoms with Gasteiger partial charge in [-0.2, -0.15) is 13.2 Å². The number of esters is 2. The molecule has 13 heteroatoms. The van der Waals surface area contributed by atoms with Crippen molar-refractivity contribution in [2.75, 3.05) is 70.4 Å². The fourth-order valence-corrected chi connectivity index (χ4v) is 6.34. The van der Waals surface area contributed by atoms with Crippen molar-refractivity contribution >= 4 is 23.7 Å². The van der Waals surface area contributed by atoms with E-state index in [2.05, 4.69) is 9.80 Å². The average Bonchev–Trinajstić information content (AvgIpc) is 3.78. The Morgan fingerprint density at radius 3 is 1.94 bits per heavy atom. The van der Waals surface area contributed by atoms with E-state index in [-0.39, 0.29) is 25.3 Å². The molecule has 2 bridgehead atoms. The molecule has 3 aliphatic rings. The Bertz CT molecular complexity index is 1400. The highest BCUT2D eigenvalue weighted by Gasteiger charge is 2.42. The molecule has 2 fully saturated rings. The number of fused-ring (bicyclic) bond motifs is 2. The van der Waals surface area contributed by atoms with E-state index >= 15 is 0 Å². The summed E-state index contributed by atoms with van der Waals surface area (Å²) < 4.78 is 59.9. The quantitative estimate of drug-likeness (QED) is 0.142. The number of halogens is 3. The number of anilines is 1. The van der Waals surface area contributed by atoms with Crippen molar-refractivity contribution < 1.29 is 41.8 Å². The third kappa shape index (κ3) is 9.72. The molecule has 5 rings (SSSR count). The van der Waals surface area contributed by atoms with E-state index in [1.165, 1.54) is 11.0 Å². The predicted molar refractivity (Wildman–Crippen MR) is 173 cm³/mol. The van der Waals surface area contributed by atoms with E-state index in [9.17, 15) is 27.6 Å². The van der Waals surface area contributed by atoms with Gasteiger partial charge in [-0.25, -0.2) is 14.4 Å². The zero-order valence-corrected chi connectivity index (χ0v) is 27.1. The first-order chi connectivity index (χ1) is 23.2. The average molecular weight is 673 g/mol. The minimum Gasteiger partial charge on any atom is -0.494 e. The van der Waals surface area contributed by atoms with Crippen molar-refractivity contribution in [2.45, 2.75) is 51.1 Å². The van der Waals surface area contributed by atoms with Crippen LogP contribution in [0.15, 0.2) is 54.6 Å². The highest BCUT2D eigenvalue weighted by molar-refractivity contribution is 5.98. The van der Waals surface area contributed by atoms with Crippen LogP contribution < -0.4 is 19.1 Å². The van der Waals surface area contributed by atoms with E-state index in [0.717, 1.165) is 71.0 Å². The molecule has 0 saturated carbocycles. The largest absolute Gasteiger partial charge is 0.494 e. The van der Waals surface area contributed by atoms with E-state index in [1.54, 1.807) is 17.0 Å². The lowest BCUT2D eigenvalue weighted by atomic mass is 10.1. The molecule has 48 heavy (non-hydrogen) atoms. The number of hydrogen-bond donors (Lipinski definition) is 0. The lowest BCUT2D eigenvalue weighted by Crippen LogP contribution is -2.46. The fourth-order valence-electron chi connectivity index (χ4n) is 6.34. The van der Waals surface area contributed by atoms with Gasteiger partial charge in [0.1, 0.15) is 17.1 Å². The third-order valence-electron chi connectivity index (χ3n) is 8.68. The summed E-state index contributed by atoms with van der Waals surface area (Å²) in [5.41, 5.74) is -1.70. The van der Waals surface area contributed by atoms with Crippen LogP contribution in [0.4, 0.5) is 23.7 Å². The van der Waals surface area contributed by atoms with Gasteiger partial charge in [0.2, 0.25) is 0 Å². The second-order valence-electron chi connectivity index (χ2n) is 12.2. The van der Waals surface area contributed by atoms with Gasteiger partial charge >= 0.3 is 24.1 Å². The molecule has 10 nitrogen and oxygen atoms in total. The fraction of sp³-hybridized carbons (Fsp3) is 0.514. The molecule has 0 N–H and O–H groups in total. The van der Waals surface area contributed by atoms with Crippen LogP contribution in [0, 0.1) is 0 Å². The van der Waals surface area contributed by atoms with Gasteiger partial charge in [0.05, 0.1) is 12.3 Å². The third-order valence-corrected chi connectivity index (χ3v) is 8.68. The molecule has 3 heterocycles. The first kappa shape index (κ1) is 35.2. The molecule has 2 aromatic carbocycles. The van der Waals surface area contributed by atoms with Gasteiger partial charge in [0.25, 0.3) is 0 Å². The lowest BCUT2D eigenvalue weighted by Gasteiger charge is -2.33. The second kappa shape index (κ2) is 16.8. The monoisotopic (exact) mass is 672 g/mol. The zero-order valence-electron chi connectivity index (χ0n) is 27.1. The number of alkyl halides is 3. The first-order valence-electron chi connectivity index (χ1n) is 16.7. The normalized spacial score (nSPS) is 17.6. The standard InChI is InChI=1S/C35H43F3N4O6/c36-35(37,38)32-29-14-13-28(33(32)48-31(44)16-15-30(43)47-29)42(25-10-26-46-27-11-2-1-3-12-27)34(45)41(23-8-21-39-17-4-5-18-39)24-9-22-40-19-6-7-20-40/h1-3,11-16H,4-10,17-26H2/b16-15-. The van der Waals surface area contributed by atoms with Gasteiger partial charge in [-0.15, -0.1) is 0 Å². The number of hydrogen-bond acceptors (Lipinski definition) is 8. The molecule has 2 saturated heterocycles. The number of rotatable bonds is 14. The number of urea groups is 1. The molecule has 2 amide bonds. The number of carbonyl (C=O) groups excluding carboxylic acids is 3. The van der Waals surface area contributed by atoms with Crippen molar-refractivity contribution in [3.63, 3.8) is 0 Å². The van der Waals surface area contributed by atoms with E-state index in [4.69, 9.17) is 14.2 Å². The van der Waals surface area contributed by atoms with Crippen LogP contribution >= 0.6 is 0 Å². The Labute approximate surface area is 279 Å². The number of amides is 2. The summed E-state index contributed by atoms with van der Waals surface area (Å²) in [6, 6.07) is 10.8. The van der Waals surface area contributed by atoms with Gasteiger partial charge < -0.3 is 28.9 Å². The van der Waals surface area contributed by atoms with Crippen molar-refractivity contribution in [3.8, 4) is 17.2 Å². The molecule has 0 atom stereocenters. The van der Waals surface area contributed by atoms with Gasteiger partial charge in [0.15, 0.2) is 5.75 Å². The Balaban J connectivity index is 1.45. The van der Waals surface area contributed by atoms with Crippen LogP contribution in [0.3, 0.4) is 0 Å². The molecular formula is C35H43F3N4O6. The summed E-state index contributed by atoms with van der Waals surface area (Å²) in [4.78, 5) is 46.9. The Morgan fingerprint density at radius 2 is 1.35 bits per heavy atom. The van der Waals surface area contributed by atoms with Crippen molar-refractivity contribution in [2.24, 2.45) is 0 Å². The number of ether oxygens (including phenoxy) is 3.